The normalized spacial score (nSPS) is 15.4. The molecule has 0 unspecified atom stereocenters. The van der Waals surface area contributed by atoms with Crippen molar-refractivity contribution in [3.8, 4) is 11.5 Å². The molecule has 0 radical (unpaired) electrons. The van der Waals surface area contributed by atoms with Crippen LogP contribution in [0.2, 0.25) is 0 Å². The highest BCUT2D eigenvalue weighted by atomic mass is 16.5. The van der Waals surface area contributed by atoms with Gasteiger partial charge in [-0.15, -0.1) is 0 Å². The summed E-state index contributed by atoms with van der Waals surface area (Å²) in [7, 11) is 3.36. The predicted octanol–water partition coefficient (Wildman–Crippen LogP) is 1.92. The zero-order chi connectivity index (χ0) is 16.9. The molecule has 0 saturated carbocycles. The molecule has 1 aliphatic rings. The number of nitrogens with one attached hydrogen (secondary N) is 1. The van der Waals surface area contributed by atoms with Crippen molar-refractivity contribution >= 4 is 5.69 Å². The van der Waals surface area contributed by atoms with Crippen LogP contribution in [0.3, 0.4) is 0 Å². The van der Waals surface area contributed by atoms with Gasteiger partial charge in [0, 0.05) is 11.3 Å². The van der Waals surface area contributed by atoms with Crippen LogP contribution in [-0.4, -0.2) is 40.4 Å². The van der Waals surface area contributed by atoms with Crippen molar-refractivity contribution in [2.45, 2.75) is 13.5 Å². The Morgan fingerprint density at radius 2 is 1.67 bits per heavy atom. The molecular weight excluding hydrogens is 300 g/mol. The number of nitrogens with zero attached hydrogens (tertiary/aromatic N) is 1. The summed E-state index contributed by atoms with van der Waals surface area (Å²) in [5.41, 5.74) is 4.04. The van der Waals surface area contributed by atoms with Gasteiger partial charge in [0.15, 0.2) is 11.5 Å². The summed E-state index contributed by atoms with van der Waals surface area (Å²) in [5.74, 6) is 1.61. The zero-order valence-electron chi connectivity index (χ0n) is 14.8. The van der Waals surface area contributed by atoms with E-state index in [-0.39, 0.29) is 0 Å². The molecule has 2 aromatic carbocycles. The molecule has 1 fully saturated rings. The fourth-order valence-corrected chi connectivity index (χ4v) is 3.44. The van der Waals surface area contributed by atoms with Gasteiger partial charge in [-0.1, -0.05) is 18.2 Å². The second-order valence-corrected chi connectivity index (χ2v) is 6.39. The number of benzene rings is 2. The molecule has 1 aliphatic heterocycles. The van der Waals surface area contributed by atoms with Crippen LogP contribution in [0.5, 0.6) is 11.5 Å². The Hall–Kier alpha value is -2.20. The monoisotopic (exact) mass is 327 g/mol. The molecule has 4 nitrogen and oxygen atoms in total. The molecule has 24 heavy (non-hydrogen) atoms. The molecule has 0 aliphatic carbocycles. The summed E-state index contributed by atoms with van der Waals surface area (Å²) in [5, 5.41) is 0. The first-order chi connectivity index (χ1) is 11.7. The first-order valence-electron chi connectivity index (χ1n) is 8.56. The number of ether oxygens (including phenoxy) is 2. The average molecular weight is 327 g/mol. The highest BCUT2D eigenvalue weighted by molar-refractivity contribution is 5.53. The van der Waals surface area contributed by atoms with Crippen LogP contribution in [0.4, 0.5) is 5.69 Å². The SMILES string of the molecule is COc1ccc(C[NH+]2CCN(c3ccccc3C)CC2)cc1OC. The molecule has 3 rings (SSSR count). The van der Waals surface area contributed by atoms with Gasteiger partial charge in [-0.05, 0) is 36.8 Å². The molecule has 128 valence electrons. The van der Waals surface area contributed by atoms with E-state index in [1.165, 1.54) is 16.8 Å². The topological polar surface area (TPSA) is 26.1 Å². The van der Waals surface area contributed by atoms with Crippen LogP contribution in [0.1, 0.15) is 11.1 Å². The third-order valence-corrected chi connectivity index (χ3v) is 4.83. The van der Waals surface area contributed by atoms with E-state index < -0.39 is 0 Å². The van der Waals surface area contributed by atoms with Crippen LogP contribution in [0.25, 0.3) is 0 Å². The van der Waals surface area contributed by atoms with Gasteiger partial charge in [-0.3, -0.25) is 0 Å². The number of quaternary nitrogens is 1. The van der Waals surface area contributed by atoms with Crippen LogP contribution in [0, 0.1) is 6.92 Å². The third-order valence-electron chi connectivity index (χ3n) is 4.83. The quantitative estimate of drug-likeness (QED) is 0.909. The third kappa shape index (κ3) is 3.65. The molecule has 0 spiro atoms. The summed E-state index contributed by atoms with van der Waals surface area (Å²) in [6, 6.07) is 14.9. The fourth-order valence-electron chi connectivity index (χ4n) is 3.44. The highest BCUT2D eigenvalue weighted by Gasteiger charge is 2.21. The summed E-state index contributed by atoms with van der Waals surface area (Å²) in [6.07, 6.45) is 0. The van der Waals surface area contributed by atoms with E-state index in [2.05, 4.69) is 48.2 Å². The van der Waals surface area contributed by atoms with Gasteiger partial charge in [0.2, 0.25) is 0 Å². The van der Waals surface area contributed by atoms with Gasteiger partial charge in [0.05, 0.1) is 40.4 Å². The van der Waals surface area contributed by atoms with Crippen molar-refractivity contribution in [2.75, 3.05) is 45.3 Å². The highest BCUT2D eigenvalue weighted by Crippen LogP contribution is 2.27. The van der Waals surface area contributed by atoms with Gasteiger partial charge in [0.1, 0.15) is 6.54 Å². The lowest BCUT2D eigenvalue weighted by atomic mass is 10.1. The maximum Gasteiger partial charge on any atom is 0.161 e. The first kappa shape index (κ1) is 16.7. The molecular formula is C20H27N2O2+. The summed E-state index contributed by atoms with van der Waals surface area (Å²) in [6.45, 7) is 7.74. The second-order valence-electron chi connectivity index (χ2n) is 6.39. The van der Waals surface area contributed by atoms with E-state index >= 15 is 0 Å². The number of aryl methyl sites for hydroxylation is 1. The van der Waals surface area contributed by atoms with Crippen molar-refractivity contribution in [2.24, 2.45) is 0 Å². The lowest BCUT2D eigenvalue weighted by Crippen LogP contribution is -3.13. The van der Waals surface area contributed by atoms with Gasteiger partial charge in [-0.2, -0.15) is 0 Å². The molecule has 2 aromatic rings. The Kier molecular flexibility index (Phi) is 5.26. The second kappa shape index (κ2) is 7.58. The van der Waals surface area contributed by atoms with E-state index in [0.717, 1.165) is 44.2 Å². The van der Waals surface area contributed by atoms with Gasteiger partial charge in [0.25, 0.3) is 0 Å². The maximum atomic E-state index is 5.41. The van der Waals surface area contributed by atoms with Crippen LogP contribution >= 0.6 is 0 Å². The first-order valence-corrected chi connectivity index (χ1v) is 8.56. The number of anilines is 1. The minimum Gasteiger partial charge on any atom is -0.493 e. The fraction of sp³-hybridized carbons (Fsp3) is 0.400. The standard InChI is InChI=1S/C20H26N2O2/c1-16-6-4-5-7-18(16)22-12-10-21(11-13-22)15-17-8-9-19(23-2)20(14-17)24-3/h4-9,14H,10-13,15H2,1-3H3/p+1. The summed E-state index contributed by atoms with van der Waals surface area (Å²) in [4.78, 5) is 4.13. The zero-order valence-corrected chi connectivity index (χ0v) is 14.8. The molecule has 1 heterocycles. The van der Waals surface area contributed by atoms with Crippen molar-refractivity contribution < 1.29 is 14.4 Å². The summed E-state index contributed by atoms with van der Waals surface area (Å²) < 4.78 is 10.7. The number of methoxy groups -OCH3 is 2. The Morgan fingerprint density at radius 1 is 0.958 bits per heavy atom. The minimum atomic E-state index is 0.792. The van der Waals surface area contributed by atoms with Crippen LogP contribution in [0.15, 0.2) is 42.5 Å². The molecule has 1 saturated heterocycles. The molecule has 0 aromatic heterocycles. The van der Waals surface area contributed by atoms with Gasteiger partial charge < -0.3 is 19.3 Å². The van der Waals surface area contributed by atoms with Crippen molar-refractivity contribution in [1.82, 2.24) is 0 Å². The minimum absolute atomic E-state index is 0.792. The van der Waals surface area contributed by atoms with Crippen LogP contribution in [-0.2, 0) is 6.54 Å². The number of hydrogen-bond donors (Lipinski definition) is 1. The van der Waals surface area contributed by atoms with Gasteiger partial charge in [-0.25, -0.2) is 0 Å². The average Bonchev–Trinajstić information content (AvgIpc) is 2.63. The van der Waals surface area contributed by atoms with E-state index in [4.69, 9.17) is 9.47 Å². The molecule has 0 atom stereocenters. The van der Waals surface area contributed by atoms with Crippen LogP contribution < -0.4 is 19.3 Å². The lowest BCUT2D eigenvalue weighted by molar-refractivity contribution is -0.914. The lowest BCUT2D eigenvalue weighted by Gasteiger charge is -2.34. The van der Waals surface area contributed by atoms with E-state index in [9.17, 15) is 0 Å². The number of piperazine rings is 1. The number of rotatable bonds is 5. The smallest absolute Gasteiger partial charge is 0.161 e. The van der Waals surface area contributed by atoms with Gasteiger partial charge >= 0.3 is 0 Å². The van der Waals surface area contributed by atoms with E-state index in [1.807, 2.05) is 6.07 Å². The Morgan fingerprint density at radius 3 is 2.33 bits per heavy atom. The number of hydrogen-bond acceptors (Lipinski definition) is 3. The van der Waals surface area contributed by atoms with Crippen molar-refractivity contribution in [3.05, 3.63) is 53.6 Å². The Labute approximate surface area is 144 Å². The van der Waals surface area contributed by atoms with Crippen molar-refractivity contribution in [1.29, 1.82) is 0 Å². The molecule has 4 heteroatoms. The Bertz CT molecular complexity index is 679. The molecule has 1 N–H and O–H groups in total. The van der Waals surface area contributed by atoms with E-state index in [0.29, 0.717) is 0 Å². The van der Waals surface area contributed by atoms with E-state index in [1.54, 1.807) is 19.1 Å². The predicted molar refractivity (Wildman–Crippen MR) is 97.3 cm³/mol. The molecule has 0 bridgehead atoms. The largest absolute Gasteiger partial charge is 0.493 e. The number of para-hydroxylation sites is 1. The summed E-state index contributed by atoms with van der Waals surface area (Å²) >= 11 is 0. The maximum absolute atomic E-state index is 5.41. The molecule has 0 amide bonds. The van der Waals surface area contributed by atoms with Crippen molar-refractivity contribution in [3.63, 3.8) is 0 Å². The Balaban J connectivity index is 1.60.